The van der Waals surface area contributed by atoms with Crippen LogP contribution in [0, 0.1) is 46.3 Å². The van der Waals surface area contributed by atoms with Crippen LogP contribution in [0.1, 0.15) is 91.4 Å². The average molecular weight is 383 g/mol. The Hall–Kier alpha value is -0.790. The fraction of sp³-hybridized carbons (Fsp3) is 0.885. The van der Waals surface area contributed by atoms with Gasteiger partial charge in [-0.2, -0.15) is 0 Å². The Kier molecular flexibility index (Phi) is 4.91. The van der Waals surface area contributed by atoms with Crippen LogP contribution in [0.4, 0.5) is 0 Å². The third-order valence-electron chi connectivity index (χ3n) is 10.8. The summed E-state index contributed by atoms with van der Waals surface area (Å²) in [6.07, 6.45) is 22.5. The summed E-state index contributed by atoms with van der Waals surface area (Å²) in [5.74, 6) is 6.05. The van der Waals surface area contributed by atoms with Gasteiger partial charge >= 0.3 is 0 Å². The molecule has 156 valence electrons. The van der Waals surface area contributed by atoms with Crippen molar-refractivity contribution in [3.63, 3.8) is 0 Å². The van der Waals surface area contributed by atoms with E-state index in [1.807, 2.05) is 12.5 Å². The zero-order valence-corrected chi connectivity index (χ0v) is 18.6. The Labute approximate surface area is 172 Å². The van der Waals surface area contributed by atoms with Crippen LogP contribution in [0.3, 0.4) is 0 Å². The van der Waals surface area contributed by atoms with Crippen molar-refractivity contribution in [1.29, 1.82) is 0 Å². The standard InChI is InChI=1S/C26H42N2/c1-4-19-17-21-23-9-8-20(11-15-28-16-14-27-18-28)25(23,2)13-10-24(21)26(3)12-6-5-7-22(19)26/h14,16,18-24H,4-13,15,17H2,1-3H3/t19-,20?,21?,22?,23?,24-,25?,26?/m0/s1. The third kappa shape index (κ3) is 2.83. The number of imidazole rings is 1. The van der Waals surface area contributed by atoms with Crippen LogP contribution in [0.25, 0.3) is 0 Å². The van der Waals surface area contributed by atoms with E-state index in [1.165, 1.54) is 70.8 Å². The van der Waals surface area contributed by atoms with Crippen molar-refractivity contribution in [2.75, 3.05) is 0 Å². The van der Waals surface area contributed by atoms with Gasteiger partial charge in [-0.3, -0.25) is 0 Å². The maximum atomic E-state index is 4.25. The van der Waals surface area contributed by atoms with Gasteiger partial charge in [-0.1, -0.05) is 40.0 Å². The Morgan fingerprint density at radius 1 is 0.964 bits per heavy atom. The molecule has 6 unspecified atom stereocenters. The lowest BCUT2D eigenvalue weighted by molar-refractivity contribution is -0.135. The predicted molar refractivity (Wildman–Crippen MR) is 116 cm³/mol. The molecule has 0 bridgehead atoms. The molecule has 0 aliphatic heterocycles. The summed E-state index contributed by atoms with van der Waals surface area (Å²) in [7, 11) is 0. The lowest BCUT2D eigenvalue weighted by atomic mass is 9.42. The maximum absolute atomic E-state index is 4.25. The van der Waals surface area contributed by atoms with Crippen LogP contribution in [-0.2, 0) is 6.54 Å². The summed E-state index contributed by atoms with van der Waals surface area (Å²) in [4.78, 5) is 4.25. The van der Waals surface area contributed by atoms with Gasteiger partial charge in [0.25, 0.3) is 0 Å². The number of aryl methyl sites for hydroxylation is 1. The van der Waals surface area contributed by atoms with E-state index in [9.17, 15) is 0 Å². The first-order valence-corrected chi connectivity index (χ1v) is 12.5. The molecular formula is C26H42N2. The highest BCUT2D eigenvalue weighted by Gasteiger charge is 2.60. The monoisotopic (exact) mass is 382 g/mol. The SMILES string of the molecule is CC[C@H]1CC2C3CCC(CCn4ccnc4)C3(C)CC[C@@H]2C2(C)CCCCC12. The van der Waals surface area contributed by atoms with Gasteiger partial charge in [-0.25, -0.2) is 4.98 Å². The second-order valence-electron chi connectivity index (χ2n) is 11.5. The second-order valence-corrected chi connectivity index (χ2v) is 11.5. The van der Waals surface area contributed by atoms with Crippen molar-refractivity contribution >= 4 is 0 Å². The summed E-state index contributed by atoms with van der Waals surface area (Å²) in [6.45, 7) is 9.10. The summed E-state index contributed by atoms with van der Waals surface area (Å²) in [5, 5.41) is 0. The normalized spacial score (nSPS) is 48.0. The van der Waals surface area contributed by atoms with E-state index < -0.39 is 0 Å². The van der Waals surface area contributed by atoms with Gasteiger partial charge in [0.2, 0.25) is 0 Å². The molecular weight excluding hydrogens is 340 g/mol. The van der Waals surface area contributed by atoms with Crippen LogP contribution in [0.5, 0.6) is 0 Å². The highest BCUT2D eigenvalue weighted by Crippen LogP contribution is 2.69. The van der Waals surface area contributed by atoms with E-state index in [2.05, 4.69) is 36.5 Å². The van der Waals surface area contributed by atoms with E-state index >= 15 is 0 Å². The topological polar surface area (TPSA) is 17.8 Å². The molecule has 4 fully saturated rings. The van der Waals surface area contributed by atoms with E-state index in [-0.39, 0.29) is 0 Å². The minimum absolute atomic E-state index is 0.609. The molecule has 0 amide bonds. The first-order valence-electron chi connectivity index (χ1n) is 12.5. The number of aromatic nitrogens is 2. The Balaban J connectivity index is 1.37. The molecule has 8 atom stereocenters. The van der Waals surface area contributed by atoms with E-state index in [4.69, 9.17) is 0 Å². The van der Waals surface area contributed by atoms with E-state index in [0.29, 0.717) is 10.8 Å². The highest BCUT2D eigenvalue weighted by atomic mass is 15.0. The molecule has 4 aliphatic carbocycles. The molecule has 28 heavy (non-hydrogen) atoms. The molecule has 0 saturated heterocycles. The first-order chi connectivity index (χ1) is 13.6. The average Bonchev–Trinajstić information content (AvgIpc) is 3.32. The van der Waals surface area contributed by atoms with Gasteiger partial charge in [0.1, 0.15) is 0 Å². The summed E-state index contributed by atoms with van der Waals surface area (Å²) in [5.41, 5.74) is 1.27. The highest BCUT2D eigenvalue weighted by molar-refractivity contribution is 5.10. The molecule has 0 radical (unpaired) electrons. The van der Waals surface area contributed by atoms with Crippen molar-refractivity contribution in [3.8, 4) is 0 Å². The third-order valence-corrected chi connectivity index (χ3v) is 10.8. The van der Waals surface area contributed by atoms with Crippen LogP contribution in [0.2, 0.25) is 0 Å². The van der Waals surface area contributed by atoms with Crippen molar-refractivity contribution < 1.29 is 0 Å². The second kappa shape index (κ2) is 7.17. The fourth-order valence-corrected chi connectivity index (χ4v) is 9.33. The van der Waals surface area contributed by atoms with Crippen LogP contribution in [-0.4, -0.2) is 9.55 Å². The van der Waals surface area contributed by atoms with E-state index in [1.54, 1.807) is 6.42 Å². The smallest absolute Gasteiger partial charge is 0.0945 e. The molecule has 5 rings (SSSR count). The maximum Gasteiger partial charge on any atom is 0.0945 e. The number of nitrogens with zero attached hydrogens (tertiary/aromatic N) is 2. The van der Waals surface area contributed by atoms with Crippen LogP contribution < -0.4 is 0 Å². The van der Waals surface area contributed by atoms with Crippen LogP contribution >= 0.6 is 0 Å². The zero-order chi connectivity index (χ0) is 19.4. The fourth-order valence-electron chi connectivity index (χ4n) is 9.33. The Bertz CT molecular complexity index is 666. The molecule has 4 saturated carbocycles. The quantitative estimate of drug-likeness (QED) is 0.550. The Morgan fingerprint density at radius 3 is 2.61 bits per heavy atom. The molecule has 1 heterocycles. The van der Waals surface area contributed by atoms with Gasteiger partial charge in [-0.05, 0) is 97.7 Å². The lowest BCUT2D eigenvalue weighted by Crippen LogP contribution is -2.55. The van der Waals surface area contributed by atoms with Gasteiger partial charge in [0, 0.05) is 18.9 Å². The van der Waals surface area contributed by atoms with Gasteiger partial charge in [0.05, 0.1) is 6.33 Å². The molecule has 0 aromatic carbocycles. The van der Waals surface area contributed by atoms with Crippen molar-refractivity contribution in [1.82, 2.24) is 9.55 Å². The molecule has 0 spiro atoms. The number of fused-ring (bicyclic) bond motifs is 5. The molecule has 2 heteroatoms. The summed E-state index contributed by atoms with van der Waals surface area (Å²) >= 11 is 0. The molecule has 2 nitrogen and oxygen atoms in total. The molecule has 4 aliphatic rings. The number of hydrogen-bond acceptors (Lipinski definition) is 1. The summed E-state index contributed by atoms with van der Waals surface area (Å²) < 4.78 is 2.30. The largest absolute Gasteiger partial charge is 0.337 e. The van der Waals surface area contributed by atoms with Crippen molar-refractivity contribution in [3.05, 3.63) is 18.7 Å². The van der Waals surface area contributed by atoms with E-state index in [0.717, 1.165) is 35.5 Å². The number of rotatable bonds is 4. The zero-order valence-electron chi connectivity index (χ0n) is 18.6. The minimum atomic E-state index is 0.609. The first kappa shape index (κ1) is 19.2. The molecule has 1 aromatic heterocycles. The minimum Gasteiger partial charge on any atom is -0.337 e. The number of hydrogen-bond donors (Lipinski definition) is 0. The molecule has 0 N–H and O–H groups in total. The lowest BCUT2D eigenvalue weighted by Gasteiger charge is -2.62. The molecule has 1 aromatic rings. The van der Waals surface area contributed by atoms with Crippen molar-refractivity contribution in [2.24, 2.45) is 46.3 Å². The van der Waals surface area contributed by atoms with Gasteiger partial charge in [0.15, 0.2) is 0 Å². The Morgan fingerprint density at radius 2 is 1.82 bits per heavy atom. The van der Waals surface area contributed by atoms with Crippen LogP contribution in [0.15, 0.2) is 18.7 Å². The van der Waals surface area contributed by atoms with Crippen molar-refractivity contribution in [2.45, 2.75) is 97.9 Å². The van der Waals surface area contributed by atoms with Gasteiger partial charge in [-0.15, -0.1) is 0 Å². The van der Waals surface area contributed by atoms with Gasteiger partial charge < -0.3 is 4.57 Å². The summed E-state index contributed by atoms with van der Waals surface area (Å²) in [6, 6.07) is 0. The predicted octanol–water partition coefficient (Wildman–Crippen LogP) is 6.96.